The van der Waals surface area contributed by atoms with Gasteiger partial charge < -0.3 is 9.64 Å². The highest BCUT2D eigenvalue weighted by molar-refractivity contribution is 5.99. The Hall–Kier alpha value is -1.84. The normalized spacial score (nSPS) is 18.7. The molecule has 1 saturated heterocycles. The SMILES string of the molecule is COc1ccc(C(=O)CN2CC(C(C)C)CC2=O)cc1. The summed E-state index contributed by atoms with van der Waals surface area (Å²) in [6.45, 7) is 5.10. The van der Waals surface area contributed by atoms with Crippen LogP contribution in [-0.4, -0.2) is 36.8 Å². The number of carbonyl (C=O) groups excluding carboxylic acids is 2. The van der Waals surface area contributed by atoms with E-state index in [1.54, 1.807) is 36.3 Å². The first-order chi connectivity index (χ1) is 9.51. The molecule has 0 aromatic heterocycles. The van der Waals surface area contributed by atoms with E-state index >= 15 is 0 Å². The van der Waals surface area contributed by atoms with Crippen molar-refractivity contribution >= 4 is 11.7 Å². The van der Waals surface area contributed by atoms with Crippen LogP contribution in [0.25, 0.3) is 0 Å². The van der Waals surface area contributed by atoms with Gasteiger partial charge in [0.15, 0.2) is 5.78 Å². The summed E-state index contributed by atoms with van der Waals surface area (Å²) in [6.07, 6.45) is 0.563. The van der Waals surface area contributed by atoms with Gasteiger partial charge in [0.25, 0.3) is 0 Å². The zero-order valence-electron chi connectivity index (χ0n) is 12.3. The van der Waals surface area contributed by atoms with E-state index in [1.807, 2.05) is 0 Å². The van der Waals surface area contributed by atoms with E-state index in [9.17, 15) is 9.59 Å². The summed E-state index contributed by atoms with van der Waals surface area (Å²) >= 11 is 0. The van der Waals surface area contributed by atoms with E-state index in [2.05, 4.69) is 13.8 Å². The van der Waals surface area contributed by atoms with Crippen molar-refractivity contribution in [1.82, 2.24) is 4.90 Å². The van der Waals surface area contributed by atoms with E-state index in [-0.39, 0.29) is 18.2 Å². The van der Waals surface area contributed by atoms with Crippen molar-refractivity contribution in [1.29, 1.82) is 0 Å². The number of hydrogen-bond donors (Lipinski definition) is 0. The van der Waals surface area contributed by atoms with Crippen LogP contribution < -0.4 is 4.74 Å². The number of hydrogen-bond acceptors (Lipinski definition) is 3. The van der Waals surface area contributed by atoms with Crippen LogP contribution in [0.1, 0.15) is 30.6 Å². The minimum atomic E-state index is -0.0228. The van der Waals surface area contributed by atoms with Gasteiger partial charge in [0.05, 0.1) is 13.7 Å². The zero-order valence-corrected chi connectivity index (χ0v) is 12.3. The maximum atomic E-state index is 12.2. The summed E-state index contributed by atoms with van der Waals surface area (Å²) in [7, 11) is 1.59. The topological polar surface area (TPSA) is 46.6 Å². The van der Waals surface area contributed by atoms with Gasteiger partial charge in [-0.05, 0) is 36.1 Å². The van der Waals surface area contributed by atoms with E-state index in [0.29, 0.717) is 30.4 Å². The third kappa shape index (κ3) is 3.18. The summed E-state index contributed by atoms with van der Waals surface area (Å²) < 4.78 is 5.06. The fraction of sp³-hybridized carbons (Fsp3) is 0.500. The maximum absolute atomic E-state index is 12.2. The maximum Gasteiger partial charge on any atom is 0.223 e. The number of methoxy groups -OCH3 is 1. The monoisotopic (exact) mass is 275 g/mol. The van der Waals surface area contributed by atoms with Gasteiger partial charge in [-0.25, -0.2) is 0 Å². The number of nitrogens with zero attached hydrogens (tertiary/aromatic N) is 1. The Bertz CT molecular complexity index is 493. The molecular weight excluding hydrogens is 254 g/mol. The highest BCUT2D eigenvalue weighted by Gasteiger charge is 2.32. The van der Waals surface area contributed by atoms with Gasteiger partial charge in [-0.15, -0.1) is 0 Å². The number of amides is 1. The van der Waals surface area contributed by atoms with E-state index in [4.69, 9.17) is 4.74 Å². The van der Waals surface area contributed by atoms with Crippen LogP contribution in [-0.2, 0) is 4.79 Å². The number of ketones is 1. The second-order valence-corrected chi connectivity index (χ2v) is 5.63. The van der Waals surface area contributed by atoms with Crippen LogP contribution in [0.4, 0.5) is 0 Å². The van der Waals surface area contributed by atoms with Gasteiger partial charge in [-0.2, -0.15) is 0 Å². The second-order valence-electron chi connectivity index (χ2n) is 5.63. The average Bonchev–Trinajstić information content (AvgIpc) is 2.80. The highest BCUT2D eigenvalue weighted by Crippen LogP contribution is 2.25. The van der Waals surface area contributed by atoms with Crippen molar-refractivity contribution in [2.24, 2.45) is 11.8 Å². The molecule has 4 heteroatoms. The van der Waals surface area contributed by atoms with Crippen molar-refractivity contribution in [3.8, 4) is 5.75 Å². The molecule has 0 bridgehead atoms. The Morgan fingerprint density at radius 2 is 2.00 bits per heavy atom. The largest absolute Gasteiger partial charge is 0.497 e. The molecule has 0 spiro atoms. The average molecular weight is 275 g/mol. The van der Waals surface area contributed by atoms with E-state index in [1.165, 1.54) is 0 Å². The summed E-state index contributed by atoms with van der Waals surface area (Å²) in [6, 6.07) is 7.00. The Labute approximate surface area is 119 Å². The molecule has 0 saturated carbocycles. The lowest BCUT2D eigenvalue weighted by Crippen LogP contribution is -2.31. The molecule has 1 unspecified atom stereocenters. The van der Waals surface area contributed by atoms with Crippen molar-refractivity contribution in [2.75, 3.05) is 20.2 Å². The van der Waals surface area contributed by atoms with Gasteiger partial charge in [-0.3, -0.25) is 9.59 Å². The van der Waals surface area contributed by atoms with Crippen LogP contribution in [0.3, 0.4) is 0 Å². The number of ether oxygens (including phenoxy) is 1. The number of likely N-dealkylation sites (tertiary alicyclic amines) is 1. The first-order valence-electron chi connectivity index (χ1n) is 6.96. The predicted octanol–water partition coefficient (Wildman–Crippen LogP) is 2.38. The minimum Gasteiger partial charge on any atom is -0.497 e. The predicted molar refractivity (Wildman–Crippen MR) is 76.8 cm³/mol. The molecule has 0 radical (unpaired) electrons. The van der Waals surface area contributed by atoms with Crippen LogP contribution in [0, 0.1) is 11.8 Å². The fourth-order valence-electron chi connectivity index (χ4n) is 2.44. The highest BCUT2D eigenvalue weighted by atomic mass is 16.5. The van der Waals surface area contributed by atoms with Gasteiger partial charge in [0.1, 0.15) is 5.75 Å². The molecule has 1 aliphatic rings. The quantitative estimate of drug-likeness (QED) is 0.775. The summed E-state index contributed by atoms with van der Waals surface area (Å²) in [5.41, 5.74) is 0.617. The van der Waals surface area contributed by atoms with Crippen molar-refractivity contribution in [3.05, 3.63) is 29.8 Å². The molecule has 2 rings (SSSR count). The first-order valence-corrected chi connectivity index (χ1v) is 6.96. The standard InChI is InChI=1S/C16H21NO3/c1-11(2)13-8-16(19)17(9-13)10-15(18)12-4-6-14(20-3)7-5-12/h4-7,11,13H,8-10H2,1-3H3. The number of Topliss-reactive ketones (excluding diaryl/α,β-unsaturated/α-hetero) is 1. The van der Waals surface area contributed by atoms with Crippen LogP contribution in [0.5, 0.6) is 5.75 Å². The van der Waals surface area contributed by atoms with Crippen LogP contribution in [0.15, 0.2) is 24.3 Å². The van der Waals surface area contributed by atoms with Gasteiger partial charge in [-0.1, -0.05) is 13.8 Å². The molecule has 1 aromatic carbocycles. The zero-order chi connectivity index (χ0) is 14.7. The Kier molecular flexibility index (Phi) is 4.42. The summed E-state index contributed by atoms with van der Waals surface area (Å²) in [5, 5.41) is 0. The van der Waals surface area contributed by atoms with Crippen molar-refractivity contribution in [3.63, 3.8) is 0 Å². The number of carbonyl (C=O) groups is 2. The molecule has 0 aliphatic carbocycles. The molecule has 1 aliphatic heterocycles. The van der Waals surface area contributed by atoms with Gasteiger partial charge >= 0.3 is 0 Å². The van der Waals surface area contributed by atoms with Gasteiger partial charge in [0, 0.05) is 18.5 Å². The minimum absolute atomic E-state index is 0.0228. The van der Waals surface area contributed by atoms with Crippen molar-refractivity contribution < 1.29 is 14.3 Å². The van der Waals surface area contributed by atoms with Gasteiger partial charge in [0.2, 0.25) is 5.91 Å². The molecule has 1 heterocycles. The Morgan fingerprint density at radius 3 is 2.50 bits per heavy atom. The first kappa shape index (κ1) is 14.6. The van der Waals surface area contributed by atoms with Crippen LogP contribution in [0.2, 0.25) is 0 Å². The molecule has 1 amide bonds. The van der Waals surface area contributed by atoms with E-state index < -0.39 is 0 Å². The van der Waals surface area contributed by atoms with Crippen LogP contribution >= 0.6 is 0 Å². The molecule has 1 fully saturated rings. The van der Waals surface area contributed by atoms with Crippen molar-refractivity contribution in [2.45, 2.75) is 20.3 Å². The lowest BCUT2D eigenvalue weighted by Gasteiger charge is -2.17. The number of rotatable bonds is 5. The molecule has 108 valence electrons. The Morgan fingerprint density at radius 1 is 1.35 bits per heavy atom. The Balaban J connectivity index is 1.99. The molecule has 4 nitrogen and oxygen atoms in total. The smallest absolute Gasteiger partial charge is 0.223 e. The lowest BCUT2D eigenvalue weighted by atomic mass is 9.95. The molecule has 0 N–H and O–H groups in total. The number of benzene rings is 1. The molecular formula is C16H21NO3. The summed E-state index contributed by atoms with van der Waals surface area (Å²) in [5.74, 6) is 1.63. The third-order valence-electron chi connectivity index (χ3n) is 3.93. The fourth-order valence-corrected chi connectivity index (χ4v) is 2.44. The second kappa shape index (κ2) is 6.07. The molecule has 20 heavy (non-hydrogen) atoms. The lowest BCUT2D eigenvalue weighted by molar-refractivity contribution is -0.127. The summed E-state index contributed by atoms with van der Waals surface area (Å²) in [4.78, 5) is 25.8. The third-order valence-corrected chi connectivity index (χ3v) is 3.93. The molecule has 1 atom stereocenters. The van der Waals surface area contributed by atoms with E-state index in [0.717, 1.165) is 5.75 Å². The molecule has 1 aromatic rings.